The Hall–Kier alpha value is -3.55. The van der Waals surface area contributed by atoms with E-state index in [2.05, 4.69) is 4.98 Å². The summed E-state index contributed by atoms with van der Waals surface area (Å²) in [6.07, 6.45) is 3.14. The van der Waals surface area contributed by atoms with Crippen molar-refractivity contribution < 1.29 is 18.7 Å². The Bertz CT molecular complexity index is 1100. The molecular formula is C21H20N4O4. The lowest BCUT2D eigenvalue weighted by Gasteiger charge is -2.47. The predicted molar refractivity (Wildman–Crippen MR) is 102 cm³/mol. The number of ether oxygens (including phenoxy) is 1. The molecule has 2 amide bonds. The highest BCUT2D eigenvalue weighted by molar-refractivity contribution is 5.97. The molecule has 5 rings (SSSR count). The van der Waals surface area contributed by atoms with Gasteiger partial charge in [0.05, 0.1) is 19.3 Å². The molecule has 0 bridgehead atoms. The van der Waals surface area contributed by atoms with Crippen molar-refractivity contribution in [2.45, 2.75) is 19.1 Å². The number of nitrogens with zero attached hydrogens (tertiary/aromatic N) is 4. The van der Waals surface area contributed by atoms with Gasteiger partial charge in [-0.3, -0.25) is 9.59 Å². The van der Waals surface area contributed by atoms with E-state index in [9.17, 15) is 9.59 Å². The van der Waals surface area contributed by atoms with Gasteiger partial charge < -0.3 is 23.5 Å². The zero-order valence-electron chi connectivity index (χ0n) is 16.2. The van der Waals surface area contributed by atoms with Gasteiger partial charge in [0.2, 0.25) is 5.76 Å². The number of hydrogen-bond donors (Lipinski definition) is 0. The molecule has 8 nitrogen and oxygen atoms in total. The SMILES string of the molecule is COc1ccc(C23Cn4cccc4C(=O)N2CCN3C(=O)c2ocnc2C)cc1. The molecule has 0 N–H and O–H groups in total. The van der Waals surface area contributed by atoms with Crippen molar-refractivity contribution in [3.8, 4) is 5.75 Å². The third kappa shape index (κ3) is 2.35. The summed E-state index contributed by atoms with van der Waals surface area (Å²) in [5, 5.41) is 0. The van der Waals surface area contributed by atoms with Crippen LogP contribution in [0.3, 0.4) is 0 Å². The third-order valence-corrected chi connectivity index (χ3v) is 5.86. The van der Waals surface area contributed by atoms with Crippen LogP contribution in [0.15, 0.2) is 53.4 Å². The van der Waals surface area contributed by atoms with E-state index >= 15 is 0 Å². The van der Waals surface area contributed by atoms with Gasteiger partial charge in [0.15, 0.2) is 12.1 Å². The Morgan fingerprint density at radius 2 is 2.00 bits per heavy atom. The minimum absolute atomic E-state index is 0.0957. The number of benzene rings is 1. The minimum atomic E-state index is -0.953. The van der Waals surface area contributed by atoms with E-state index in [-0.39, 0.29) is 17.6 Å². The molecule has 4 heterocycles. The van der Waals surface area contributed by atoms with E-state index in [1.54, 1.807) is 23.8 Å². The van der Waals surface area contributed by atoms with E-state index in [0.717, 1.165) is 5.56 Å². The van der Waals surface area contributed by atoms with Crippen molar-refractivity contribution in [2.75, 3.05) is 20.2 Å². The summed E-state index contributed by atoms with van der Waals surface area (Å²) in [6.45, 7) is 3.02. The number of aryl methyl sites for hydroxylation is 1. The van der Waals surface area contributed by atoms with E-state index < -0.39 is 5.66 Å². The first-order chi connectivity index (χ1) is 14.1. The van der Waals surface area contributed by atoms with Gasteiger partial charge in [0.1, 0.15) is 11.4 Å². The number of hydrogen-bond acceptors (Lipinski definition) is 5. The number of carbonyl (C=O) groups excluding carboxylic acids is 2. The second-order valence-corrected chi connectivity index (χ2v) is 7.25. The Kier molecular flexibility index (Phi) is 3.77. The van der Waals surface area contributed by atoms with Crippen LogP contribution in [0.5, 0.6) is 5.75 Å². The molecule has 0 radical (unpaired) electrons. The number of rotatable bonds is 3. The van der Waals surface area contributed by atoms with Crippen molar-refractivity contribution in [1.29, 1.82) is 0 Å². The minimum Gasteiger partial charge on any atom is -0.497 e. The second-order valence-electron chi connectivity index (χ2n) is 7.25. The van der Waals surface area contributed by atoms with Gasteiger partial charge in [-0.15, -0.1) is 0 Å². The highest BCUT2D eigenvalue weighted by Gasteiger charge is 2.56. The van der Waals surface area contributed by atoms with Gasteiger partial charge in [-0.2, -0.15) is 0 Å². The van der Waals surface area contributed by atoms with Crippen LogP contribution in [-0.2, 0) is 12.2 Å². The Labute approximate surface area is 167 Å². The maximum Gasteiger partial charge on any atom is 0.293 e. The van der Waals surface area contributed by atoms with Gasteiger partial charge >= 0.3 is 0 Å². The fourth-order valence-electron chi connectivity index (χ4n) is 4.44. The average molecular weight is 392 g/mol. The molecule has 2 aromatic heterocycles. The molecular weight excluding hydrogens is 372 g/mol. The maximum absolute atomic E-state index is 13.5. The predicted octanol–water partition coefficient (Wildman–Crippen LogP) is 2.26. The smallest absolute Gasteiger partial charge is 0.293 e. The molecule has 2 aliphatic rings. The molecule has 148 valence electrons. The maximum atomic E-state index is 13.5. The number of fused-ring (bicyclic) bond motifs is 2. The molecule has 29 heavy (non-hydrogen) atoms. The summed E-state index contributed by atoms with van der Waals surface area (Å²) in [4.78, 5) is 34.3. The topological polar surface area (TPSA) is 80.8 Å². The van der Waals surface area contributed by atoms with Crippen molar-refractivity contribution in [3.05, 3.63) is 71.7 Å². The van der Waals surface area contributed by atoms with Crippen LogP contribution in [-0.4, -0.2) is 51.4 Å². The number of methoxy groups -OCH3 is 1. The van der Waals surface area contributed by atoms with Crippen molar-refractivity contribution in [2.24, 2.45) is 0 Å². The first-order valence-electron chi connectivity index (χ1n) is 9.40. The normalized spacial score (nSPS) is 20.6. The van der Waals surface area contributed by atoms with Gasteiger partial charge in [-0.05, 0) is 31.2 Å². The number of oxazole rings is 1. The van der Waals surface area contributed by atoms with Gasteiger partial charge in [0.25, 0.3) is 11.8 Å². The van der Waals surface area contributed by atoms with Crippen molar-refractivity contribution in [3.63, 3.8) is 0 Å². The summed E-state index contributed by atoms with van der Waals surface area (Å²) >= 11 is 0. The van der Waals surface area contributed by atoms with E-state index in [4.69, 9.17) is 9.15 Å². The fraction of sp³-hybridized carbons (Fsp3) is 0.286. The summed E-state index contributed by atoms with van der Waals surface area (Å²) in [6, 6.07) is 11.2. The molecule has 2 aliphatic heterocycles. The van der Waals surface area contributed by atoms with Crippen LogP contribution < -0.4 is 4.74 Å². The highest BCUT2D eigenvalue weighted by atomic mass is 16.5. The first kappa shape index (κ1) is 17.5. The van der Waals surface area contributed by atoms with Gasteiger partial charge in [0, 0.05) is 24.8 Å². The molecule has 1 saturated heterocycles. The quantitative estimate of drug-likeness (QED) is 0.683. The monoisotopic (exact) mass is 392 g/mol. The van der Waals surface area contributed by atoms with E-state index in [0.29, 0.717) is 36.8 Å². The largest absolute Gasteiger partial charge is 0.497 e. The van der Waals surface area contributed by atoms with E-state index in [1.165, 1.54) is 6.39 Å². The number of carbonyl (C=O) groups is 2. The van der Waals surface area contributed by atoms with Gasteiger partial charge in [-0.25, -0.2) is 4.98 Å². The number of aromatic nitrogens is 2. The fourth-order valence-corrected chi connectivity index (χ4v) is 4.44. The zero-order chi connectivity index (χ0) is 20.2. The molecule has 1 unspecified atom stereocenters. The van der Waals surface area contributed by atoms with Crippen LogP contribution in [0.4, 0.5) is 0 Å². The molecule has 0 spiro atoms. The number of amides is 2. The highest BCUT2D eigenvalue weighted by Crippen LogP contribution is 2.44. The molecule has 3 aromatic rings. The van der Waals surface area contributed by atoms with Crippen LogP contribution in [0.25, 0.3) is 0 Å². The molecule has 1 atom stereocenters. The zero-order valence-corrected chi connectivity index (χ0v) is 16.2. The second kappa shape index (κ2) is 6.23. The first-order valence-corrected chi connectivity index (χ1v) is 9.40. The van der Waals surface area contributed by atoms with Crippen LogP contribution >= 0.6 is 0 Å². The van der Waals surface area contributed by atoms with Crippen LogP contribution in [0, 0.1) is 6.92 Å². The van der Waals surface area contributed by atoms with Crippen molar-refractivity contribution in [1.82, 2.24) is 19.4 Å². The Morgan fingerprint density at radius 1 is 1.21 bits per heavy atom. The van der Waals surface area contributed by atoms with Crippen LogP contribution in [0.1, 0.15) is 32.3 Å². The standard InChI is InChI=1S/C21H20N4O4/c1-14-18(29-13-22-14)20(27)25-11-10-24-19(26)17-4-3-9-23(17)12-21(24,25)15-5-7-16(28-2)8-6-15/h3-9,13H,10-12H2,1-2H3. The summed E-state index contributed by atoms with van der Waals surface area (Å²) < 4.78 is 12.6. The molecule has 8 heteroatoms. The van der Waals surface area contributed by atoms with Crippen LogP contribution in [0.2, 0.25) is 0 Å². The summed E-state index contributed by atoms with van der Waals surface area (Å²) in [5.41, 5.74) is 1.04. The van der Waals surface area contributed by atoms with Crippen molar-refractivity contribution >= 4 is 11.8 Å². The summed E-state index contributed by atoms with van der Waals surface area (Å²) in [5.74, 6) is 0.538. The lowest BCUT2D eigenvalue weighted by molar-refractivity contribution is -0.00730. The molecule has 1 fully saturated rings. The lowest BCUT2D eigenvalue weighted by Crippen LogP contribution is -2.60. The lowest BCUT2D eigenvalue weighted by atomic mass is 9.93. The molecule has 0 aliphatic carbocycles. The molecule has 0 saturated carbocycles. The third-order valence-electron chi connectivity index (χ3n) is 5.86. The van der Waals surface area contributed by atoms with Gasteiger partial charge in [-0.1, -0.05) is 12.1 Å². The Balaban J connectivity index is 1.69. The Morgan fingerprint density at radius 3 is 2.69 bits per heavy atom. The van der Waals surface area contributed by atoms with E-state index in [1.807, 2.05) is 47.2 Å². The summed E-state index contributed by atoms with van der Waals surface area (Å²) in [7, 11) is 1.61. The average Bonchev–Trinajstić information content (AvgIpc) is 3.46. The molecule has 1 aromatic carbocycles.